The molecule has 166 valence electrons. The van der Waals surface area contributed by atoms with Gasteiger partial charge in [-0.15, -0.1) is 0 Å². The molecule has 0 N–H and O–H groups in total. The van der Waals surface area contributed by atoms with Crippen molar-refractivity contribution in [1.29, 1.82) is 0 Å². The van der Waals surface area contributed by atoms with E-state index in [0.717, 1.165) is 81.6 Å². The lowest BCUT2D eigenvalue weighted by Crippen LogP contribution is -2.02. The Bertz CT molecular complexity index is 1270. The Balaban J connectivity index is 1.88. The molecule has 0 aliphatic rings. The van der Waals surface area contributed by atoms with Crippen LogP contribution >= 0.6 is 0 Å². The Kier molecular flexibility index (Phi) is 6.45. The van der Waals surface area contributed by atoms with Crippen LogP contribution in [0, 0.1) is 0 Å². The third kappa shape index (κ3) is 4.07. The van der Waals surface area contributed by atoms with E-state index in [1.165, 1.54) is 5.56 Å². The van der Waals surface area contributed by atoms with E-state index >= 15 is 0 Å². The first-order chi connectivity index (χ1) is 15.6. The van der Waals surface area contributed by atoms with Gasteiger partial charge in [-0.3, -0.25) is 9.97 Å². The van der Waals surface area contributed by atoms with Gasteiger partial charge in [0, 0.05) is 34.8 Å². The van der Waals surface area contributed by atoms with Crippen molar-refractivity contribution in [3.05, 3.63) is 65.1 Å². The number of methoxy groups -OCH3 is 3. The lowest BCUT2D eigenvalue weighted by molar-refractivity contribution is 0.356. The summed E-state index contributed by atoms with van der Waals surface area (Å²) in [6.45, 7) is 4.32. The SMILES string of the molecule is CCCc1ncc(Cc2cc3cc(OC)ccc3nc2CC)c2cc(OC)c(OC)cc12. The van der Waals surface area contributed by atoms with Gasteiger partial charge in [0.05, 0.1) is 26.8 Å². The first-order valence-electron chi connectivity index (χ1n) is 11.1. The number of fused-ring (bicyclic) bond motifs is 2. The monoisotopic (exact) mass is 430 g/mol. The lowest BCUT2D eigenvalue weighted by atomic mass is 9.95. The molecule has 0 saturated carbocycles. The summed E-state index contributed by atoms with van der Waals surface area (Å²) in [6, 6.07) is 12.4. The number of rotatable bonds is 8. The minimum atomic E-state index is 0.727. The average Bonchev–Trinajstić information content (AvgIpc) is 2.83. The smallest absolute Gasteiger partial charge is 0.161 e. The van der Waals surface area contributed by atoms with E-state index in [0.29, 0.717) is 0 Å². The molecule has 0 spiro atoms. The quantitative estimate of drug-likeness (QED) is 0.348. The van der Waals surface area contributed by atoms with Crippen molar-refractivity contribution in [1.82, 2.24) is 9.97 Å². The van der Waals surface area contributed by atoms with Crippen LogP contribution in [0.2, 0.25) is 0 Å². The van der Waals surface area contributed by atoms with Gasteiger partial charge in [-0.2, -0.15) is 0 Å². The Labute approximate surface area is 189 Å². The van der Waals surface area contributed by atoms with E-state index < -0.39 is 0 Å². The topological polar surface area (TPSA) is 53.5 Å². The highest BCUT2D eigenvalue weighted by molar-refractivity contribution is 5.91. The van der Waals surface area contributed by atoms with Gasteiger partial charge in [0.25, 0.3) is 0 Å². The fraction of sp³-hybridized carbons (Fsp3) is 0.333. The molecule has 0 atom stereocenters. The zero-order valence-electron chi connectivity index (χ0n) is 19.5. The molecule has 0 fully saturated rings. The van der Waals surface area contributed by atoms with Crippen LogP contribution in [0.5, 0.6) is 17.2 Å². The zero-order chi connectivity index (χ0) is 22.7. The highest BCUT2D eigenvalue weighted by atomic mass is 16.5. The second kappa shape index (κ2) is 9.43. The summed E-state index contributed by atoms with van der Waals surface area (Å²) in [5, 5.41) is 3.35. The first-order valence-corrected chi connectivity index (χ1v) is 11.1. The summed E-state index contributed by atoms with van der Waals surface area (Å²) in [4.78, 5) is 9.76. The van der Waals surface area contributed by atoms with Gasteiger partial charge >= 0.3 is 0 Å². The highest BCUT2D eigenvalue weighted by Crippen LogP contribution is 2.36. The number of aryl methyl sites for hydroxylation is 2. The van der Waals surface area contributed by atoms with Crippen LogP contribution in [0.4, 0.5) is 0 Å². The lowest BCUT2D eigenvalue weighted by Gasteiger charge is -2.16. The minimum Gasteiger partial charge on any atom is -0.497 e. The molecule has 5 nitrogen and oxygen atoms in total. The predicted molar refractivity (Wildman–Crippen MR) is 129 cm³/mol. The number of hydrogen-bond donors (Lipinski definition) is 0. The summed E-state index contributed by atoms with van der Waals surface area (Å²) < 4.78 is 16.6. The summed E-state index contributed by atoms with van der Waals surface area (Å²) in [5.74, 6) is 2.29. The van der Waals surface area contributed by atoms with Crippen molar-refractivity contribution in [3.8, 4) is 17.2 Å². The molecule has 0 saturated heterocycles. The molecule has 0 radical (unpaired) electrons. The van der Waals surface area contributed by atoms with E-state index in [4.69, 9.17) is 24.2 Å². The van der Waals surface area contributed by atoms with Crippen molar-refractivity contribution in [2.75, 3.05) is 21.3 Å². The van der Waals surface area contributed by atoms with E-state index in [2.05, 4.69) is 32.0 Å². The van der Waals surface area contributed by atoms with Crippen LogP contribution in [0.25, 0.3) is 21.7 Å². The molecule has 2 heterocycles. The Morgan fingerprint density at radius 2 is 1.53 bits per heavy atom. The number of nitrogens with zero attached hydrogens (tertiary/aromatic N) is 2. The molecule has 32 heavy (non-hydrogen) atoms. The van der Waals surface area contributed by atoms with Crippen LogP contribution in [0.15, 0.2) is 42.6 Å². The second-order valence-corrected chi connectivity index (χ2v) is 7.92. The van der Waals surface area contributed by atoms with Crippen molar-refractivity contribution < 1.29 is 14.2 Å². The summed E-state index contributed by atoms with van der Waals surface area (Å²) in [5.41, 5.74) is 5.53. The molecule has 0 unspecified atom stereocenters. The van der Waals surface area contributed by atoms with Gasteiger partial charge in [0.1, 0.15) is 5.75 Å². The fourth-order valence-corrected chi connectivity index (χ4v) is 4.28. The van der Waals surface area contributed by atoms with Gasteiger partial charge < -0.3 is 14.2 Å². The Morgan fingerprint density at radius 3 is 2.19 bits per heavy atom. The summed E-state index contributed by atoms with van der Waals surface area (Å²) in [6.07, 6.45) is 5.58. The number of hydrogen-bond acceptors (Lipinski definition) is 5. The highest BCUT2D eigenvalue weighted by Gasteiger charge is 2.15. The van der Waals surface area contributed by atoms with Crippen LogP contribution < -0.4 is 14.2 Å². The molecule has 5 heteroatoms. The van der Waals surface area contributed by atoms with Crippen LogP contribution in [-0.2, 0) is 19.3 Å². The van der Waals surface area contributed by atoms with Gasteiger partial charge in [0.2, 0.25) is 0 Å². The fourth-order valence-electron chi connectivity index (χ4n) is 4.28. The summed E-state index contributed by atoms with van der Waals surface area (Å²) in [7, 11) is 5.03. The molecule has 4 aromatic rings. The molecular weight excluding hydrogens is 400 g/mol. The standard InChI is InChI=1S/C27H30N2O3/c1-6-8-25-22-15-27(32-5)26(31-4)14-21(22)19(16-28-25)12-17-11-18-13-20(30-3)9-10-24(18)29-23(17)7-2/h9-11,13-16H,6-8,12H2,1-5H3. The third-order valence-corrected chi connectivity index (χ3v) is 5.95. The molecule has 2 aromatic carbocycles. The molecule has 0 aliphatic heterocycles. The zero-order valence-corrected chi connectivity index (χ0v) is 19.5. The molecular formula is C27H30N2O3. The summed E-state index contributed by atoms with van der Waals surface area (Å²) >= 11 is 0. The van der Waals surface area contributed by atoms with Crippen LogP contribution in [-0.4, -0.2) is 31.3 Å². The largest absolute Gasteiger partial charge is 0.497 e. The van der Waals surface area contributed by atoms with E-state index in [1.54, 1.807) is 21.3 Å². The van der Waals surface area contributed by atoms with Crippen LogP contribution in [0.1, 0.15) is 42.8 Å². The maximum Gasteiger partial charge on any atom is 0.161 e. The molecule has 4 rings (SSSR count). The number of pyridine rings is 2. The minimum absolute atomic E-state index is 0.727. The maximum atomic E-state index is 5.61. The first kappa shape index (κ1) is 21.9. The normalized spacial score (nSPS) is 11.2. The Hall–Kier alpha value is -3.34. The van der Waals surface area contributed by atoms with E-state index in [9.17, 15) is 0 Å². The maximum absolute atomic E-state index is 5.61. The van der Waals surface area contributed by atoms with Gasteiger partial charge in [-0.1, -0.05) is 20.3 Å². The van der Waals surface area contributed by atoms with Gasteiger partial charge in [-0.05, 0) is 65.8 Å². The molecule has 0 aliphatic carbocycles. The van der Waals surface area contributed by atoms with Crippen molar-refractivity contribution in [2.45, 2.75) is 39.5 Å². The van der Waals surface area contributed by atoms with Gasteiger partial charge in [0.15, 0.2) is 11.5 Å². The Morgan fingerprint density at radius 1 is 0.781 bits per heavy atom. The number of benzene rings is 2. The number of aromatic nitrogens is 2. The van der Waals surface area contributed by atoms with Crippen molar-refractivity contribution in [2.24, 2.45) is 0 Å². The molecule has 0 bridgehead atoms. The van der Waals surface area contributed by atoms with E-state index in [-0.39, 0.29) is 0 Å². The molecule has 2 aromatic heterocycles. The van der Waals surface area contributed by atoms with Gasteiger partial charge in [-0.25, -0.2) is 0 Å². The predicted octanol–water partition coefficient (Wildman–Crippen LogP) is 5.91. The number of ether oxygens (including phenoxy) is 3. The average molecular weight is 431 g/mol. The third-order valence-electron chi connectivity index (χ3n) is 5.95. The van der Waals surface area contributed by atoms with Crippen LogP contribution in [0.3, 0.4) is 0 Å². The van der Waals surface area contributed by atoms with Crippen molar-refractivity contribution in [3.63, 3.8) is 0 Å². The molecule has 0 amide bonds. The van der Waals surface area contributed by atoms with Crippen molar-refractivity contribution >= 4 is 21.7 Å². The van der Waals surface area contributed by atoms with E-state index in [1.807, 2.05) is 24.4 Å². The second-order valence-electron chi connectivity index (χ2n) is 7.92.